The zero-order valence-electron chi connectivity index (χ0n) is 16.7. The summed E-state index contributed by atoms with van der Waals surface area (Å²) in [4.78, 5) is 6.77. The maximum Gasteiger partial charge on any atom is 0.167 e. The number of anilines is 2. The average Bonchev–Trinajstić information content (AvgIpc) is 3.32. The number of benzene rings is 1. The van der Waals surface area contributed by atoms with E-state index in [9.17, 15) is 0 Å². The Kier molecular flexibility index (Phi) is 4.82. The molecule has 0 bridgehead atoms. The molecule has 2 aliphatic heterocycles. The zero-order chi connectivity index (χ0) is 21.0. The van der Waals surface area contributed by atoms with Gasteiger partial charge in [-0.1, -0.05) is 35.3 Å². The lowest BCUT2D eigenvalue weighted by Crippen LogP contribution is -2.51. The van der Waals surface area contributed by atoms with Gasteiger partial charge in [-0.3, -0.25) is 0 Å². The molecule has 3 aromatic rings. The van der Waals surface area contributed by atoms with E-state index in [-0.39, 0.29) is 17.6 Å². The summed E-state index contributed by atoms with van der Waals surface area (Å²) in [5.41, 5.74) is 15.7. The van der Waals surface area contributed by atoms with E-state index in [2.05, 4.69) is 21.9 Å². The lowest BCUT2D eigenvalue weighted by Gasteiger charge is -2.42. The van der Waals surface area contributed by atoms with Crippen molar-refractivity contribution in [2.45, 2.75) is 31.9 Å². The van der Waals surface area contributed by atoms with Crippen LogP contribution >= 0.6 is 23.2 Å². The van der Waals surface area contributed by atoms with E-state index in [1.165, 1.54) is 6.33 Å². The van der Waals surface area contributed by atoms with Crippen LogP contribution in [-0.2, 0) is 4.74 Å². The number of nitrogens with zero attached hydrogens (tertiary/aromatic N) is 4. The average molecular weight is 447 g/mol. The minimum atomic E-state index is 0.0528. The molecule has 2 aromatic heterocycles. The third kappa shape index (κ3) is 2.95. The standard InChI is InChI=1S/C21H24Cl2N6O/c1-12-19(25)21(10-30-12)5-7-28(8-6-21)16-9-15(24)17(20-26-11-27-29(16)20)13-3-2-4-14(22)18(13)23/h2-4,9,11-12,19H,5-8,10,24-25H2,1H3. The van der Waals surface area contributed by atoms with E-state index < -0.39 is 0 Å². The highest BCUT2D eigenvalue weighted by Crippen LogP contribution is 2.44. The Morgan fingerprint density at radius 3 is 2.70 bits per heavy atom. The van der Waals surface area contributed by atoms with E-state index in [1.807, 2.05) is 22.7 Å². The van der Waals surface area contributed by atoms with E-state index >= 15 is 0 Å². The molecule has 2 fully saturated rings. The van der Waals surface area contributed by atoms with E-state index in [0.29, 0.717) is 21.4 Å². The van der Waals surface area contributed by atoms with Crippen LogP contribution < -0.4 is 16.4 Å². The monoisotopic (exact) mass is 446 g/mol. The highest BCUT2D eigenvalue weighted by molar-refractivity contribution is 6.44. The number of hydrogen-bond donors (Lipinski definition) is 2. The summed E-state index contributed by atoms with van der Waals surface area (Å²) in [5.74, 6) is 0.914. The second-order valence-electron chi connectivity index (χ2n) is 8.32. The SMILES string of the molecule is CC1OCC2(CCN(c3cc(N)c(-c4cccc(Cl)c4Cl)c4ncnn34)CC2)C1N. The number of fused-ring (bicyclic) bond motifs is 1. The van der Waals surface area contributed by atoms with E-state index in [0.717, 1.165) is 49.5 Å². The summed E-state index contributed by atoms with van der Waals surface area (Å²) in [7, 11) is 0. The molecule has 0 saturated carbocycles. The van der Waals surface area contributed by atoms with Gasteiger partial charge < -0.3 is 21.1 Å². The van der Waals surface area contributed by atoms with Crippen LogP contribution in [0.3, 0.4) is 0 Å². The Labute approximate surface area is 184 Å². The van der Waals surface area contributed by atoms with Crippen LogP contribution in [0.1, 0.15) is 19.8 Å². The molecule has 5 rings (SSSR count). The molecular weight excluding hydrogens is 423 g/mol. The predicted molar refractivity (Wildman–Crippen MR) is 120 cm³/mol. The molecule has 2 atom stereocenters. The molecule has 158 valence electrons. The van der Waals surface area contributed by atoms with Gasteiger partial charge in [0, 0.05) is 41.9 Å². The smallest absolute Gasteiger partial charge is 0.167 e. The molecule has 1 aromatic carbocycles. The van der Waals surface area contributed by atoms with Crippen LogP contribution in [0.15, 0.2) is 30.6 Å². The van der Waals surface area contributed by atoms with Gasteiger partial charge >= 0.3 is 0 Å². The first-order valence-corrected chi connectivity index (χ1v) is 10.9. The van der Waals surface area contributed by atoms with Crippen molar-refractivity contribution < 1.29 is 4.74 Å². The fourth-order valence-electron chi connectivity index (χ4n) is 4.83. The Morgan fingerprint density at radius 1 is 1.23 bits per heavy atom. The molecule has 4 heterocycles. The number of rotatable bonds is 2. The maximum atomic E-state index is 6.51. The van der Waals surface area contributed by atoms with Gasteiger partial charge in [0.1, 0.15) is 12.1 Å². The minimum Gasteiger partial charge on any atom is -0.398 e. The number of nitrogen functional groups attached to an aromatic ring is 1. The van der Waals surface area contributed by atoms with Gasteiger partial charge in [-0.05, 0) is 25.8 Å². The second-order valence-corrected chi connectivity index (χ2v) is 9.11. The fourth-order valence-corrected chi connectivity index (χ4v) is 5.23. The number of pyridine rings is 1. The summed E-state index contributed by atoms with van der Waals surface area (Å²) in [6.07, 6.45) is 3.58. The topological polar surface area (TPSA) is 94.7 Å². The molecule has 30 heavy (non-hydrogen) atoms. The summed E-state index contributed by atoms with van der Waals surface area (Å²) < 4.78 is 7.68. The summed E-state index contributed by atoms with van der Waals surface area (Å²) >= 11 is 12.7. The van der Waals surface area contributed by atoms with E-state index in [4.69, 9.17) is 39.4 Å². The van der Waals surface area contributed by atoms with Gasteiger partial charge in [0.25, 0.3) is 0 Å². The lowest BCUT2D eigenvalue weighted by molar-refractivity contribution is 0.0974. The van der Waals surface area contributed by atoms with Crippen LogP contribution in [-0.4, -0.2) is 46.4 Å². The van der Waals surface area contributed by atoms with Crippen LogP contribution in [0.4, 0.5) is 11.5 Å². The minimum absolute atomic E-state index is 0.0528. The zero-order valence-corrected chi connectivity index (χ0v) is 18.2. The first-order valence-electron chi connectivity index (χ1n) is 10.1. The van der Waals surface area contributed by atoms with Crippen molar-refractivity contribution in [2.24, 2.45) is 11.1 Å². The van der Waals surface area contributed by atoms with Crippen molar-refractivity contribution >= 4 is 40.4 Å². The molecular formula is C21H24Cl2N6O. The van der Waals surface area contributed by atoms with Gasteiger partial charge in [0.05, 0.1) is 28.3 Å². The predicted octanol–water partition coefficient (Wildman–Crippen LogP) is 3.62. The quantitative estimate of drug-likeness (QED) is 0.623. The summed E-state index contributed by atoms with van der Waals surface area (Å²) in [5, 5.41) is 5.40. The molecule has 2 aliphatic rings. The van der Waals surface area contributed by atoms with Gasteiger partial charge in [-0.15, -0.1) is 0 Å². The maximum absolute atomic E-state index is 6.51. The normalized spacial score (nSPS) is 23.5. The molecule has 0 aliphatic carbocycles. The number of nitrogens with two attached hydrogens (primary N) is 2. The number of halogens is 2. The fraction of sp³-hybridized carbons (Fsp3) is 0.429. The molecule has 1 spiro atoms. The molecule has 2 unspecified atom stereocenters. The van der Waals surface area contributed by atoms with E-state index in [1.54, 1.807) is 6.07 Å². The van der Waals surface area contributed by atoms with Gasteiger partial charge in [0.15, 0.2) is 5.65 Å². The molecule has 0 radical (unpaired) electrons. The molecule has 7 nitrogen and oxygen atoms in total. The van der Waals surface area contributed by atoms with Crippen LogP contribution in [0.25, 0.3) is 16.8 Å². The Hall–Kier alpha value is -2.06. The molecule has 2 saturated heterocycles. The largest absolute Gasteiger partial charge is 0.398 e. The van der Waals surface area contributed by atoms with Crippen molar-refractivity contribution in [1.29, 1.82) is 0 Å². The van der Waals surface area contributed by atoms with Gasteiger partial charge in [0.2, 0.25) is 0 Å². The van der Waals surface area contributed by atoms with Crippen LogP contribution in [0, 0.1) is 5.41 Å². The van der Waals surface area contributed by atoms with Crippen molar-refractivity contribution in [1.82, 2.24) is 14.6 Å². The first-order chi connectivity index (χ1) is 14.4. The highest BCUT2D eigenvalue weighted by Gasteiger charge is 2.47. The number of hydrogen-bond acceptors (Lipinski definition) is 6. The highest BCUT2D eigenvalue weighted by atomic mass is 35.5. The molecule has 9 heteroatoms. The third-order valence-corrected chi connectivity index (χ3v) is 7.53. The molecule has 0 amide bonds. The third-order valence-electron chi connectivity index (χ3n) is 6.71. The first kappa shape index (κ1) is 19.9. The second kappa shape index (κ2) is 7.27. The van der Waals surface area contributed by atoms with Crippen LogP contribution in [0.5, 0.6) is 0 Å². The number of aromatic nitrogens is 3. The molecule has 4 N–H and O–H groups in total. The number of piperidine rings is 1. The van der Waals surface area contributed by atoms with Crippen molar-refractivity contribution in [3.63, 3.8) is 0 Å². The van der Waals surface area contributed by atoms with Crippen molar-refractivity contribution in [3.05, 3.63) is 40.6 Å². The Bertz CT molecular complexity index is 1110. The number of ether oxygens (including phenoxy) is 1. The van der Waals surface area contributed by atoms with Gasteiger partial charge in [-0.2, -0.15) is 9.61 Å². The lowest BCUT2D eigenvalue weighted by atomic mass is 9.73. The Balaban J connectivity index is 1.52. The van der Waals surface area contributed by atoms with Crippen molar-refractivity contribution in [3.8, 4) is 11.1 Å². The summed E-state index contributed by atoms with van der Waals surface area (Å²) in [6, 6.07) is 7.51. The van der Waals surface area contributed by atoms with Gasteiger partial charge in [-0.25, -0.2) is 4.98 Å². The van der Waals surface area contributed by atoms with Crippen molar-refractivity contribution in [2.75, 3.05) is 30.3 Å². The van der Waals surface area contributed by atoms with Crippen LogP contribution in [0.2, 0.25) is 10.0 Å². The Morgan fingerprint density at radius 2 is 2.00 bits per heavy atom. The summed E-state index contributed by atoms with van der Waals surface area (Å²) in [6.45, 7) is 4.51.